The first-order valence-corrected chi connectivity index (χ1v) is 8.76. The summed E-state index contributed by atoms with van der Waals surface area (Å²) in [5, 5.41) is 3.96. The number of ether oxygens (including phenoxy) is 3. The fourth-order valence-corrected chi connectivity index (χ4v) is 3.62. The Balaban J connectivity index is 2.06. The molecule has 0 fully saturated rings. The molecule has 3 rings (SSSR count). The average Bonchev–Trinajstić information content (AvgIpc) is 3.25. The van der Waals surface area contributed by atoms with Crippen molar-refractivity contribution in [3.8, 4) is 0 Å². The molecule has 0 radical (unpaired) electrons. The third-order valence-corrected chi connectivity index (χ3v) is 4.94. The van der Waals surface area contributed by atoms with Crippen LogP contribution < -0.4 is 5.32 Å². The van der Waals surface area contributed by atoms with Crippen molar-refractivity contribution in [2.45, 2.75) is 24.2 Å². The van der Waals surface area contributed by atoms with Gasteiger partial charge < -0.3 is 19.5 Å². The zero-order chi connectivity index (χ0) is 19.6. The van der Waals surface area contributed by atoms with Crippen LogP contribution in [0.4, 0.5) is 5.69 Å². The molecule has 2 bridgehead atoms. The summed E-state index contributed by atoms with van der Waals surface area (Å²) in [4.78, 5) is 24.9. The van der Waals surface area contributed by atoms with Crippen LogP contribution in [-0.2, 0) is 23.8 Å². The van der Waals surface area contributed by atoms with Crippen LogP contribution in [0.5, 0.6) is 0 Å². The summed E-state index contributed by atoms with van der Waals surface area (Å²) in [5.41, 5.74) is -0.0666. The fourth-order valence-electron chi connectivity index (χ4n) is 3.50. The van der Waals surface area contributed by atoms with Crippen LogP contribution in [0, 0.1) is 0 Å². The SMILES string of the molecule is C=CC[C@@H](Nc1ccc(Cl)cc1)C12C=CC(O1)C(C(=O)OC)=C2C(=O)OC. The molecule has 27 heavy (non-hydrogen) atoms. The van der Waals surface area contributed by atoms with Crippen LogP contribution >= 0.6 is 11.6 Å². The van der Waals surface area contributed by atoms with Crippen LogP contribution in [0.25, 0.3) is 0 Å². The second kappa shape index (κ2) is 7.58. The molecule has 2 unspecified atom stereocenters. The third-order valence-electron chi connectivity index (χ3n) is 4.69. The lowest BCUT2D eigenvalue weighted by Crippen LogP contribution is -2.48. The molecule has 2 aliphatic rings. The van der Waals surface area contributed by atoms with Gasteiger partial charge in [-0.2, -0.15) is 0 Å². The second-order valence-electron chi connectivity index (χ2n) is 6.19. The number of methoxy groups -OCH3 is 2. The van der Waals surface area contributed by atoms with Gasteiger partial charge >= 0.3 is 11.9 Å². The van der Waals surface area contributed by atoms with Gasteiger partial charge in [-0.05, 0) is 36.8 Å². The number of benzene rings is 1. The summed E-state index contributed by atoms with van der Waals surface area (Å²) in [5.74, 6) is -1.25. The van der Waals surface area contributed by atoms with Gasteiger partial charge in [0.05, 0.1) is 31.4 Å². The Kier molecular flexibility index (Phi) is 5.39. The largest absolute Gasteiger partial charge is 0.466 e. The van der Waals surface area contributed by atoms with Crippen molar-refractivity contribution in [3.63, 3.8) is 0 Å². The molecular formula is C20H20ClNO5. The number of carbonyl (C=O) groups excluding carboxylic acids is 2. The third kappa shape index (κ3) is 3.26. The number of carbonyl (C=O) groups is 2. The van der Waals surface area contributed by atoms with Gasteiger partial charge in [-0.3, -0.25) is 0 Å². The van der Waals surface area contributed by atoms with E-state index in [2.05, 4.69) is 11.9 Å². The van der Waals surface area contributed by atoms with Gasteiger partial charge in [0.25, 0.3) is 0 Å². The van der Waals surface area contributed by atoms with Gasteiger partial charge in [0, 0.05) is 10.7 Å². The normalized spacial score (nSPS) is 23.9. The highest BCUT2D eigenvalue weighted by molar-refractivity contribution is 6.30. The van der Waals surface area contributed by atoms with Gasteiger partial charge in [0.1, 0.15) is 11.7 Å². The minimum absolute atomic E-state index is 0.151. The summed E-state index contributed by atoms with van der Waals surface area (Å²) in [6.07, 6.45) is 5.06. The molecule has 0 aromatic heterocycles. The van der Waals surface area contributed by atoms with Crippen molar-refractivity contribution in [2.75, 3.05) is 19.5 Å². The van der Waals surface area contributed by atoms with Crippen molar-refractivity contribution in [1.29, 1.82) is 0 Å². The van der Waals surface area contributed by atoms with Crippen LogP contribution in [-0.4, -0.2) is 43.9 Å². The van der Waals surface area contributed by atoms with Crippen molar-refractivity contribution in [3.05, 3.63) is 65.2 Å². The molecule has 0 spiro atoms. The Labute approximate surface area is 162 Å². The number of anilines is 1. The molecule has 0 saturated carbocycles. The number of hydrogen-bond acceptors (Lipinski definition) is 6. The lowest BCUT2D eigenvalue weighted by atomic mass is 9.80. The van der Waals surface area contributed by atoms with Crippen molar-refractivity contribution < 1.29 is 23.8 Å². The summed E-state index contributed by atoms with van der Waals surface area (Å²) >= 11 is 5.95. The predicted molar refractivity (Wildman–Crippen MR) is 101 cm³/mol. The highest BCUT2D eigenvalue weighted by Crippen LogP contribution is 2.47. The maximum atomic E-state index is 12.6. The van der Waals surface area contributed by atoms with Gasteiger partial charge in [0.2, 0.25) is 0 Å². The van der Waals surface area contributed by atoms with Crippen LogP contribution in [0.2, 0.25) is 5.02 Å². The van der Waals surface area contributed by atoms with Gasteiger partial charge in [0.15, 0.2) is 0 Å². The van der Waals surface area contributed by atoms with E-state index in [1.54, 1.807) is 30.4 Å². The van der Waals surface area contributed by atoms with E-state index in [4.69, 9.17) is 25.8 Å². The molecule has 0 saturated heterocycles. The molecule has 2 heterocycles. The predicted octanol–water partition coefficient (Wildman–Crippen LogP) is 3.05. The maximum absolute atomic E-state index is 12.6. The lowest BCUT2D eigenvalue weighted by molar-refractivity contribution is -0.139. The van der Waals surface area contributed by atoms with E-state index in [-0.39, 0.29) is 11.1 Å². The van der Waals surface area contributed by atoms with E-state index < -0.39 is 29.7 Å². The number of halogens is 1. The second-order valence-corrected chi connectivity index (χ2v) is 6.63. The van der Waals surface area contributed by atoms with Crippen molar-refractivity contribution in [2.24, 2.45) is 0 Å². The fraction of sp³-hybridized carbons (Fsp3) is 0.300. The zero-order valence-corrected chi connectivity index (χ0v) is 15.8. The first-order valence-electron chi connectivity index (χ1n) is 8.38. The number of fused-ring (bicyclic) bond motifs is 2. The van der Waals surface area contributed by atoms with Gasteiger partial charge in [-0.25, -0.2) is 9.59 Å². The first kappa shape index (κ1) is 19.2. The Morgan fingerprint density at radius 1 is 1.30 bits per heavy atom. The number of rotatable bonds is 7. The van der Waals surface area contributed by atoms with E-state index in [9.17, 15) is 9.59 Å². The molecule has 2 aliphatic heterocycles. The zero-order valence-electron chi connectivity index (χ0n) is 15.0. The quantitative estimate of drug-likeness (QED) is 0.570. The van der Waals surface area contributed by atoms with E-state index in [0.29, 0.717) is 11.4 Å². The molecule has 0 amide bonds. The summed E-state index contributed by atoms with van der Waals surface area (Å²) in [6, 6.07) is 6.75. The van der Waals surface area contributed by atoms with E-state index in [1.807, 2.05) is 12.1 Å². The van der Waals surface area contributed by atoms with Crippen LogP contribution in [0.15, 0.2) is 60.2 Å². The summed E-state index contributed by atoms with van der Waals surface area (Å²) < 4.78 is 15.9. The number of hydrogen-bond donors (Lipinski definition) is 1. The molecular weight excluding hydrogens is 370 g/mol. The molecule has 142 valence electrons. The Hall–Kier alpha value is -2.57. The molecule has 1 aromatic rings. The standard InChI is InChI=1S/C20H20ClNO5/c1-4-5-15(22-13-8-6-12(21)7-9-13)20-11-10-14(27-20)16(18(23)25-2)17(20)19(24)26-3/h4,6-11,14-15,22H,1,5H2,2-3H3/t14?,15-,20?/m1/s1. The van der Waals surface area contributed by atoms with E-state index in [0.717, 1.165) is 5.69 Å². The highest BCUT2D eigenvalue weighted by Gasteiger charge is 2.58. The Bertz CT molecular complexity index is 829. The number of nitrogens with one attached hydrogen (secondary N) is 1. The smallest absolute Gasteiger partial charge is 0.337 e. The minimum Gasteiger partial charge on any atom is -0.466 e. The number of esters is 2. The first-order chi connectivity index (χ1) is 13.0. The minimum atomic E-state index is -1.17. The summed E-state index contributed by atoms with van der Waals surface area (Å²) in [7, 11) is 2.53. The Morgan fingerprint density at radius 3 is 2.56 bits per heavy atom. The molecule has 6 nitrogen and oxygen atoms in total. The topological polar surface area (TPSA) is 73.9 Å². The maximum Gasteiger partial charge on any atom is 0.337 e. The van der Waals surface area contributed by atoms with Crippen LogP contribution in [0.3, 0.4) is 0 Å². The average molecular weight is 390 g/mol. The molecule has 0 aliphatic carbocycles. The van der Waals surface area contributed by atoms with E-state index >= 15 is 0 Å². The lowest BCUT2D eigenvalue weighted by Gasteiger charge is -2.35. The molecule has 1 aromatic carbocycles. The van der Waals surface area contributed by atoms with Crippen molar-refractivity contribution in [1.82, 2.24) is 0 Å². The highest BCUT2D eigenvalue weighted by atomic mass is 35.5. The van der Waals surface area contributed by atoms with Gasteiger partial charge in [-0.15, -0.1) is 6.58 Å². The van der Waals surface area contributed by atoms with Gasteiger partial charge in [-0.1, -0.05) is 23.8 Å². The summed E-state index contributed by atoms with van der Waals surface area (Å²) in [6.45, 7) is 3.80. The Morgan fingerprint density at radius 2 is 1.96 bits per heavy atom. The van der Waals surface area contributed by atoms with Crippen molar-refractivity contribution >= 4 is 29.2 Å². The molecule has 7 heteroatoms. The monoisotopic (exact) mass is 389 g/mol. The van der Waals surface area contributed by atoms with E-state index in [1.165, 1.54) is 14.2 Å². The molecule has 3 atom stereocenters. The van der Waals surface area contributed by atoms with Crippen LogP contribution in [0.1, 0.15) is 6.42 Å². The molecule has 1 N–H and O–H groups in total.